The number of benzene rings is 2. The van der Waals surface area contributed by atoms with Crippen LogP contribution in [0.15, 0.2) is 58.8 Å². The topological polar surface area (TPSA) is 60.9 Å². The van der Waals surface area contributed by atoms with Crippen LogP contribution in [0, 0.1) is 0 Å². The lowest BCUT2D eigenvalue weighted by molar-refractivity contribution is -0.117. The van der Waals surface area contributed by atoms with Gasteiger partial charge in [0.1, 0.15) is 0 Å². The Balaban J connectivity index is 1.23. The highest BCUT2D eigenvalue weighted by Crippen LogP contribution is 2.28. The van der Waals surface area contributed by atoms with Gasteiger partial charge in [-0.2, -0.15) is 4.31 Å². The maximum Gasteiger partial charge on any atom is 0.243 e. The molecule has 1 aromatic heterocycles. The van der Waals surface area contributed by atoms with Gasteiger partial charge in [-0.25, -0.2) is 8.42 Å². The number of hydrogen-bond acceptors (Lipinski definition) is 5. The van der Waals surface area contributed by atoms with Crippen molar-refractivity contribution in [1.82, 2.24) is 9.21 Å². The molecule has 0 unspecified atom stereocenters. The van der Waals surface area contributed by atoms with Crippen LogP contribution in [-0.4, -0.2) is 56.3 Å². The third-order valence-electron chi connectivity index (χ3n) is 6.15. The molecule has 2 saturated heterocycles. The van der Waals surface area contributed by atoms with E-state index in [1.165, 1.54) is 15.6 Å². The Morgan fingerprint density at radius 1 is 0.903 bits per heavy atom. The summed E-state index contributed by atoms with van der Waals surface area (Å²) in [5.41, 5.74) is 2.08. The highest BCUT2D eigenvalue weighted by molar-refractivity contribution is 7.89. The van der Waals surface area contributed by atoms with E-state index in [1.807, 2.05) is 0 Å². The first-order chi connectivity index (χ1) is 15.0. The Morgan fingerprint density at radius 2 is 1.65 bits per heavy atom. The molecule has 0 N–H and O–H groups in total. The van der Waals surface area contributed by atoms with Crippen LogP contribution in [-0.2, 0) is 21.4 Å². The second-order valence-electron chi connectivity index (χ2n) is 8.08. The van der Waals surface area contributed by atoms with Gasteiger partial charge in [-0.05, 0) is 53.1 Å². The van der Waals surface area contributed by atoms with Gasteiger partial charge in [0, 0.05) is 56.1 Å². The summed E-state index contributed by atoms with van der Waals surface area (Å²) in [6.07, 6.45) is 1.41. The number of carbonyl (C=O) groups excluding carboxylic acids is 1. The minimum Gasteiger partial charge on any atom is -0.312 e. The molecule has 3 aromatic rings. The van der Waals surface area contributed by atoms with Crippen molar-refractivity contribution in [3.63, 3.8) is 0 Å². The monoisotopic (exact) mass is 455 g/mol. The van der Waals surface area contributed by atoms with E-state index in [4.69, 9.17) is 0 Å². The van der Waals surface area contributed by atoms with Gasteiger partial charge in [0.2, 0.25) is 15.9 Å². The third-order valence-corrected chi connectivity index (χ3v) is 9.07. The normalized spacial score (nSPS) is 18.8. The molecule has 162 valence electrons. The van der Waals surface area contributed by atoms with Crippen LogP contribution in [0.3, 0.4) is 0 Å². The Labute approximate surface area is 186 Å². The van der Waals surface area contributed by atoms with Gasteiger partial charge >= 0.3 is 0 Å². The summed E-state index contributed by atoms with van der Waals surface area (Å²) in [7, 11) is -3.53. The fourth-order valence-electron chi connectivity index (χ4n) is 4.39. The van der Waals surface area contributed by atoms with Gasteiger partial charge in [-0.3, -0.25) is 9.69 Å². The fraction of sp³-hybridized carbons (Fsp3) is 0.348. The number of hydrogen-bond donors (Lipinski definition) is 0. The van der Waals surface area contributed by atoms with E-state index in [-0.39, 0.29) is 5.91 Å². The molecule has 3 heterocycles. The summed E-state index contributed by atoms with van der Waals surface area (Å²) in [6.45, 7) is 3.93. The Hall–Kier alpha value is -2.26. The molecule has 0 radical (unpaired) electrons. The van der Waals surface area contributed by atoms with Gasteiger partial charge in [-0.1, -0.05) is 18.2 Å². The zero-order valence-electron chi connectivity index (χ0n) is 17.2. The number of carbonyl (C=O) groups is 1. The number of anilines is 1. The Morgan fingerprint density at radius 3 is 2.35 bits per heavy atom. The first-order valence-corrected chi connectivity index (χ1v) is 12.9. The van der Waals surface area contributed by atoms with Crippen molar-refractivity contribution in [2.45, 2.75) is 24.3 Å². The van der Waals surface area contributed by atoms with Gasteiger partial charge in [0.05, 0.1) is 4.90 Å². The second kappa shape index (κ2) is 8.35. The lowest BCUT2D eigenvalue weighted by Gasteiger charge is -2.34. The van der Waals surface area contributed by atoms with E-state index in [0.29, 0.717) is 44.0 Å². The highest BCUT2D eigenvalue weighted by Gasteiger charge is 2.29. The highest BCUT2D eigenvalue weighted by atomic mass is 32.2. The number of fused-ring (bicyclic) bond motifs is 1. The van der Waals surface area contributed by atoms with Crippen molar-refractivity contribution in [2.24, 2.45) is 0 Å². The van der Waals surface area contributed by atoms with Crippen molar-refractivity contribution in [3.05, 3.63) is 59.5 Å². The van der Waals surface area contributed by atoms with Crippen LogP contribution in [0.4, 0.5) is 5.69 Å². The molecule has 2 aliphatic rings. The summed E-state index contributed by atoms with van der Waals surface area (Å²) in [6, 6.07) is 15.2. The first kappa shape index (κ1) is 20.6. The van der Waals surface area contributed by atoms with E-state index in [1.54, 1.807) is 44.8 Å². The molecule has 0 aliphatic carbocycles. The Bertz CT molecular complexity index is 1200. The average Bonchev–Trinajstić information content (AvgIpc) is 3.41. The maximum absolute atomic E-state index is 13.1. The quantitative estimate of drug-likeness (QED) is 0.591. The van der Waals surface area contributed by atoms with Crippen LogP contribution in [0.2, 0.25) is 0 Å². The lowest BCUT2D eigenvalue weighted by Crippen LogP contribution is -2.48. The minimum atomic E-state index is -3.53. The molecule has 8 heteroatoms. The number of sulfonamides is 1. The molecule has 0 saturated carbocycles. The second-order valence-corrected chi connectivity index (χ2v) is 10.9. The number of piperazine rings is 1. The van der Waals surface area contributed by atoms with Crippen LogP contribution < -0.4 is 4.90 Å². The van der Waals surface area contributed by atoms with Crippen molar-refractivity contribution >= 4 is 43.0 Å². The molecule has 2 aliphatic heterocycles. The van der Waals surface area contributed by atoms with E-state index >= 15 is 0 Å². The average molecular weight is 456 g/mol. The predicted octanol–water partition coefficient (Wildman–Crippen LogP) is 3.53. The van der Waals surface area contributed by atoms with Crippen LogP contribution in [0.5, 0.6) is 0 Å². The third kappa shape index (κ3) is 4.01. The Kier molecular flexibility index (Phi) is 5.56. The largest absolute Gasteiger partial charge is 0.312 e. The zero-order chi connectivity index (χ0) is 21.4. The maximum atomic E-state index is 13.1. The minimum absolute atomic E-state index is 0.102. The standard InChI is InChI=1S/C23H25N3O3S2/c27-23-6-3-11-26(23)19-7-9-20(10-8-19)31(28,29)25-14-12-24(13-15-25)16-18-17-30-22-5-2-1-4-21(18)22/h1-2,4-5,7-10,17H,3,6,11-16H2. The molecule has 2 fully saturated rings. The van der Waals surface area contributed by atoms with Crippen LogP contribution >= 0.6 is 11.3 Å². The van der Waals surface area contributed by atoms with Crippen molar-refractivity contribution in [1.29, 1.82) is 0 Å². The van der Waals surface area contributed by atoms with Crippen LogP contribution in [0.25, 0.3) is 10.1 Å². The molecule has 0 bridgehead atoms. The van der Waals surface area contributed by atoms with Crippen LogP contribution in [0.1, 0.15) is 18.4 Å². The van der Waals surface area contributed by atoms with Gasteiger partial charge in [-0.15, -0.1) is 11.3 Å². The molecular formula is C23H25N3O3S2. The summed E-state index contributed by atoms with van der Waals surface area (Å²) < 4.78 is 29.1. The molecule has 0 spiro atoms. The molecular weight excluding hydrogens is 430 g/mol. The molecule has 5 rings (SSSR count). The lowest BCUT2D eigenvalue weighted by atomic mass is 10.1. The van der Waals surface area contributed by atoms with E-state index < -0.39 is 10.0 Å². The molecule has 31 heavy (non-hydrogen) atoms. The number of amides is 1. The van der Waals surface area contributed by atoms with Gasteiger partial charge in [0.15, 0.2) is 0 Å². The van der Waals surface area contributed by atoms with Crippen molar-refractivity contribution in [2.75, 3.05) is 37.6 Å². The summed E-state index contributed by atoms with van der Waals surface area (Å²) in [5, 5.41) is 3.50. The molecule has 2 aromatic carbocycles. The van der Waals surface area contributed by atoms with Crippen molar-refractivity contribution < 1.29 is 13.2 Å². The van der Waals surface area contributed by atoms with E-state index in [2.05, 4.69) is 34.5 Å². The molecule has 1 amide bonds. The first-order valence-electron chi connectivity index (χ1n) is 10.6. The zero-order valence-corrected chi connectivity index (χ0v) is 18.9. The summed E-state index contributed by atoms with van der Waals surface area (Å²) in [4.78, 5) is 16.3. The van der Waals surface area contributed by atoms with E-state index in [0.717, 1.165) is 18.7 Å². The van der Waals surface area contributed by atoms with E-state index in [9.17, 15) is 13.2 Å². The number of rotatable bonds is 5. The number of nitrogens with zero attached hydrogens (tertiary/aromatic N) is 3. The van der Waals surface area contributed by atoms with Gasteiger partial charge < -0.3 is 4.90 Å². The van der Waals surface area contributed by atoms with Crippen molar-refractivity contribution in [3.8, 4) is 0 Å². The summed E-state index contributed by atoms with van der Waals surface area (Å²) >= 11 is 1.76. The smallest absolute Gasteiger partial charge is 0.243 e. The predicted molar refractivity (Wildman–Crippen MR) is 124 cm³/mol. The number of thiophene rings is 1. The summed E-state index contributed by atoms with van der Waals surface area (Å²) in [5.74, 6) is 0.102. The fourth-order valence-corrected chi connectivity index (χ4v) is 6.77. The van der Waals surface area contributed by atoms with Gasteiger partial charge in [0.25, 0.3) is 0 Å². The SMILES string of the molecule is O=C1CCCN1c1ccc(S(=O)(=O)N2CCN(Cc3csc4ccccc34)CC2)cc1. The molecule has 6 nitrogen and oxygen atoms in total. The molecule has 0 atom stereocenters.